The second kappa shape index (κ2) is 11.0. The Hall–Kier alpha value is -4.08. The van der Waals surface area contributed by atoms with Crippen molar-refractivity contribution >= 4 is 11.4 Å². The highest BCUT2D eigenvalue weighted by Crippen LogP contribution is 2.44. The largest absolute Gasteiger partial charge is 0.492 e. The lowest BCUT2D eigenvalue weighted by atomic mass is 9.79. The first kappa shape index (κ1) is 30.9. The number of nitro groups is 1. The van der Waals surface area contributed by atoms with E-state index in [4.69, 9.17) is 4.74 Å². The maximum Gasteiger partial charge on any atom is 0.431 e. The maximum atomic E-state index is 13.6. The summed E-state index contributed by atoms with van der Waals surface area (Å²) in [5, 5.41) is 26.5. The Balaban J connectivity index is 1.76. The van der Waals surface area contributed by atoms with Gasteiger partial charge in [0.2, 0.25) is 0 Å². The molecule has 0 saturated carbocycles. The molecule has 16 heteroatoms. The minimum Gasteiger partial charge on any atom is -0.492 e. The number of hydrogen-bond acceptors (Lipinski definition) is 6. The zero-order valence-corrected chi connectivity index (χ0v) is 21.3. The highest BCUT2D eigenvalue weighted by Gasteiger charge is 2.46. The number of likely N-dealkylation sites (N-methyl/N-ethyl adjacent to an activating group) is 1. The molecule has 3 unspecified atom stereocenters. The van der Waals surface area contributed by atoms with E-state index in [1.807, 2.05) is 0 Å². The van der Waals surface area contributed by atoms with Gasteiger partial charge < -0.3 is 9.84 Å². The molecule has 1 N–H and O–H groups in total. The number of alkyl halides is 9. The molecule has 0 bridgehead atoms. The molecule has 2 aromatic carbocycles. The van der Waals surface area contributed by atoms with Crippen LogP contribution in [0.4, 0.5) is 45.2 Å². The first-order valence-electron chi connectivity index (χ1n) is 12.0. The number of halogens is 9. The van der Waals surface area contributed by atoms with Gasteiger partial charge in [0.05, 0.1) is 34.1 Å². The van der Waals surface area contributed by atoms with Crippen LogP contribution in [0.5, 0.6) is 0 Å². The monoisotopic (exact) mass is 609 g/mol. The molecule has 42 heavy (non-hydrogen) atoms. The van der Waals surface area contributed by atoms with Gasteiger partial charge in [-0.05, 0) is 53.1 Å². The molecular weight excluding hydrogens is 589 g/mol. The summed E-state index contributed by atoms with van der Waals surface area (Å²) < 4.78 is 127. The number of hydrogen-bond donors (Lipinski definition) is 1. The van der Waals surface area contributed by atoms with E-state index in [0.717, 1.165) is 23.2 Å². The number of benzene rings is 2. The number of nitrogens with zero attached hydrogens (tertiary/aromatic N) is 3. The summed E-state index contributed by atoms with van der Waals surface area (Å²) in [4.78, 5) is 10.2. The highest BCUT2D eigenvalue weighted by atomic mass is 19.4. The summed E-state index contributed by atoms with van der Waals surface area (Å²) >= 11 is 0. The molecule has 0 aromatic heterocycles. The van der Waals surface area contributed by atoms with E-state index in [2.05, 4.69) is 5.10 Å². The predicted octanol–water partition coefficient (Wildman–Crippen LogP) is 6.74. The maximum absolute atomic E-state index is 13.6. The molecule has 0 radical (unpaired) electrons. The topological polar surface area (TPSA) is 88.2 Å². The smallest absolute Gasteiger partial charge is 0.431 e. The molecule has 1 heterocycles. The van der Waals surface area contributed by atoms with Crippen molar-refractivity contribution in [2.45, 2.75) is 49.6 Å². The van der Waals surface area contributed by atoms with Crippen LogP contribution in [0.25, 0.3) is 0 Å². The van der Waals surface area contributed by atoms with Gasteiger partial charge in [0, 0.05) is 25.6 Å². The number of allylic oxidation sites excluding steroid dienone is 2. The molecule has 0 spiro atoms. The van der Waals surface area contributed by atoms with E-state index < -0.39 is 70.3 Å². The van der Waals surface area contributed by atoms with Crippen LogP contribution < -0.4 is 0 Å². The molecule has 0 saturated heterocycles. The quantitative estimate of drug-likeness (QED) is 0.223. The third-order valence-electron chi connectivity index (χ3n) is 6.75. The Labute approximate surface area is 231 Å². The lowest BCUT2D eigenvalue weighted by Crippen LogP contribution is -2.37. The summed E-state index contributed by atoms with van der Waals surface area (Å²) in [6.07, 6.45) is -15.5. The fourth-order valence-corrected chi connectivity index (χ4v) is 4.68. The van der Waals surface area contributed by atoms with E-state index in [0.29, 0.717) is 17.7 Å². The average molecular weight is 609 g/mol. The number of ether oxygens (including phenoxy) is 1. The molecular formula is C26H20F9N3O4. The van der Waals surface area contributed by atoms with Crippen LogP contribution in [0.1, 0.15) is 34.6 Å². The van der Waals surface area contributed by atoms with Crippen molar-refractivity contribution in [2.24, 2.45) is 5.10 Å². The van der Waals surface area contributed by atoms with Gasteiger partial charge in [-0.1, -0.05) is 6.08 Å². The van der Waals surface area contributed by atoms with Crippen LogP contribution in [0.3, 0.4) is 0 Å². The van der Waals surface area contributed by atoms with Crippen molar-refractivity contribution < 1.29 is 54.3 Å². The van der Waals surface area contributed by atoms with Gasteiger partial charge in [-0.25, -0.2) is 0 Å². The summed E-state index contributed by atoms with van der Waals surface area (Å²) in [6.45, 7) is -0.355. The summed E-state index contributed by atoms with van der Waals surface area (Å²) in [5.41, 5.74) is -5.20. The van der Waals surface area contributed by atoms with Crippen LogP contribution in [0.15, 0.2) is 71.1 Å². The molecule has 7 nitrogen and oxygen atoms in total. The van der Waals surface area contributed by atoms with Crippen molar-refractivity contribution in [3.05, 3.63) is 98.3 Å². The van der Waals surface area contributed by atoms with Gasteiger partial charge in [0.1, 0.15) is 18.1 Å². The normalized spacial score (nSPS) is 21.5. The van der Waals surface area contributed by atoms with Crippen LogP contribution >= 0.6 is 0 Å². The zero-order chi connectivity index (χ0) is 31.2. The van der Waals surface area contributed by atoms with Crippen molar-refractivity contribution in [1.29, 1.82) is 0 Å². The Morgan fingerprint density at radius 2 is 1.52 bits per heavy atom. The second-order valence-corrected chi connectivity index (χ2v) is 9.55. The van der Waals surface area contributed by atoms with Gasteiger partial charge in [-0.15, -0.1) is 0 Å². The van der Waals surface area contributed by atoms with E-state index in [9.17, 15) is 54.7 Å². The molecule has 1 aliphatic heterocycles. The van der Waals surface area contributed by atoms with Crippen molar-refractivity contribution in [3.63, 3.8) is 0 Å². The lowest BCUT2D eigenvalue weighted by Gasteiger charge is -2.35. The molecule has 2 aromatic rings. The molecule has 1 aliphatic carbocycles. The second-order valence-electron chi connectivity index (χ2n) is 9.55. The fourth-order valence-electron chi connectivity index (χ4n) is 4.68. The van der Waals surface area contributed by atoms with E-state index >= 15 is 0 Å². The zero-order valence-electron chi connectivity index (χ0n) is 21.3. The summed E-state index contributed by atoms with van der Waals surface area (Å²) in [6, 6.07) is 4.43. The Morgan fingerprint density at radius 3 is 2.00 bits per heavy atom. The molecule has 0 amide bonds. The number of non-ortho nitro benzene ring substituents is 1. The number of aliphatic hydroxyl groups excluding tert-OH is 1. The number of rotatable bonds is 6. The van der Waals surface area contributed by atoms with Crippen LogP contribution in [0.2, 0.25) is 0 Å². The number of aliphatic hydroxyl groups is 1. The van der Waals surface area contributed by atoms with E-state index in [-0.39, 0.29) is 29.7 Å². The van der Waals surface area contributed by atoms with Crippen molar-refractivity contribution in [1.82, 2.24) is 5.01 Å². The predicted molar refractivity (Wildman–Crippen MR) is 129 cm³/mol. The number of hydrazone groups is 1. The van der Waals surface area contributed by atoms with Crippen LogP contribution in [0, 0.1) is 10.1 Å². The molecule has 2 aliphatic rings. The Morgan fingerprint density at radius 1 is 0.952 bits per heavy atom. The highest BCUT2D eigenvalue weighted by molar-refractivity contribution is 5.91. The van der Waals surface area contributed by atoms with Crippen molar-refractivity contribution in [2.75, 3.05) is 7.05 Å². The minimum absolute atomic E-state index is 0.0925. The molecule has 226 valence electrons. The van der Waals surface area contributed by atoms with Crippen LogP contribution in [-0.2, 0) is 23.7 Å². The van der Waals surface area contributed by atoms with E-state index in [1.165, 1.54) is 25.3 Å². The first-order chi connectivity index (χ1) is 19.4. The average Bonchev–Trinajstić information content (AvgIpc) is 3.28. The van der Waals surface area contributed by atoms with Gasteiger partial charge in [0.15, 0.2) is 0 Å². The lowest BCUT2D eigenvalue weighted by molar-refractivity contribution is -0.384. The summed E-state index contributed by atoms with van der Waals surface area (Å²) in [7, 11) is 1.18. The standard InChI is InChI=1S/C26H20F9N3O4/c1-37-19(11-21(36-37)26(33,34)35)18-6-7-20(42-12-13-2-4-17(5-3-13)38(40)41)22(23(18)39)14-8-15(24(27,28)29)10-16(9-14)25(30,31)32/h2-10,19,22-23,39H,11-12H2,1H3. The minimum atomic E-state index is -5.21. The first-order valence-corrected chi connectivity index (χ1v) is 12.0. The SMILES string of the molecule is CN1N=C(C(F)(F)F)CC1C1=CC=C(OCc2ccc([N+](=O)[O-])cc2)C(c2cc(C(F)(F)F)cc(C(F)(F)F)c2)C1O. The third kappa shape index (κ3) is 6.53. The Kier molecular flexibility index (Phi) is 8.06. The Bertz CT molecular complexity index is 1410. The van der Waals surface area contributed by atoms with Gasteiger partial charge in [0.25, 0.3) is 5.69 Å². The van der Waals surface area contributed by atoms with Gasteiger partial charge in [-0.3, -0.25) is 15.1 Å². The molecule has 3 atom stereocenters. The van der Waals surface area contributed by atoms with Gasteiger partial charge in [-0.2, -0.15) is 44.6 Å². The number of nitro benzene ring substituents is 1. The third-order valence-corrected chi connectivity index (χ3v) is 6.75. The fraction of sp³-hybridized carbons (Fsp3) is 0.346. The van der Waals surface area contributed by atoms with Gasteiger partial charge >= 0.3 is 18.5 Å². The van der Waals surface area contributed by atoms with E-state index in [1.54, 1.807) is 0 Å². The molecule has 4 rings (SSSR count). The summed E-state index contributed by atoms with van der Waals surface area (Å²) in [5.74, 6) is -1.98. The van der Waals surface area contributed by atoms with Crippen molar-refractivity contribution in [3.8, 4) is 0 Å². The van der Waals surface area contributed by atoms with Crippen LogP contribution in [-0.4, -0.2) is 46.1 Å². The molecule has 0 fully saturated rings.